The van der Waals surface area contributed by atoms with Gasteiger partial charge in [-0.25, -0.2) is 0 Å². The summed E-state index contributed by atoms with van der Waals surface area (Å²) in [5.41, 5.74) is 2.87. The van der Waals surface area contributed by atoms with E-state index in [1.54, 1.807) is 16.2 Å². The molecule has 1 amide bonds. The number of halogens is 1. The molecule has 3 heterocycles. The lowest BCUT2D eigenvalue weighted by Gasteiger charge is -2.31. The topological polar surface area (TPSA) is 51.5 Å². The first-order chi connectivity index (χ1) is 14.1. The van der Waals surface area contributed by atoms with Crippen molar-refractivity contribution in [1.82, 2.24) is 9.47 Å². The Morgan fingerprint density at radius 1 is 1.24 bits per heavy atom. The number of amides is 1. The van der Waals surface area contributed by atoms with Crippen LogP contribution < -0.4 is 0 Å². The van der Waals surface area contributed by atoms with Crippen molar-refractivity contribution in [3.63, 3.8) is 0 Å². The molecule has 0 spiro atoms. The molecule has 0 N–H and O–H groups in total. The maximum Gasteiger partial charge on any atom is 0.310 e. The van der Waals surface area contributed by atoms with Gasteiger partial charge in [-0.15, -0.1) is 11.3 Å². The third kappa shape index (κ3) is 4.26. The van der Waals surface area contributed by atoms with E-state index in [1.165, 1.54) is 0 Å². The number of rotatable bonds is 5. The van der Waals surface area contributed by atoms with E-state index in [-0.39, 0.29) is 17.8 Å². The smallest absolute Gasteiger partial charge is 0.310 e. The molecule has 4 rings (SSSR count). The van der Waals surface area contributed by atoms with Crippen molar-refractivity contribution >= 4 is 49.4 Å². The predicted octanol–water partition coefficient (Wildman–Crippen LogP) is 4.93. The molecule has 0 bridgehead atoms. The zero-order valence-electron chi connectivity index (χ0n) is 16.3. The summed E-state index contributed by atoms with van der Waals surface area (Å²) in [6.07, 6.45) is 1.59. The van der Waals surface area contributed by atoms with Gasteiger partial charge in [0.15, 0.2) is 0 Å². The number of carbonyl (C=O) groups excluding carboxylic acids is 2. The molecule has 152 valence electrons. The minimum Gasteiger partial charge on any atom is -0.466 e. The molecule has 1 fully saturated rings. The van der Waals surface area contributed by atoms with E-state index in [4.69, 9.17) is 4.74 Å². The second-order valence-corrected chi connectivity index (χ2v) is 9.71. The van der Waals surface area contributed by atoms with E-state index in [0.29, 0.717) is 31.9 Å². The van der Waals surface area contributed by atoms with Crippen LogP contribution in [-0.4, -0.2) is 41.0 Å². The van der Waals surface area contributed by atoms with Crippen molar-refractivity contribution in [3.8, 4) is 0 Å². The number of aromatic nitrogens is 1. The summed E-state index contributed by atoms with van der Waals surface area (Å²) in [5, 5.41) is 0. The third-order valence-corrected chi connectivity index (χ3v) is 6.86. The highest BCUT2D eigenvalue weighted by Gasteiger charge is 2.31. The van der Waals surface area contributed by atoms with Crippen molar-refractivity contribution in [2.45, 2.75) is 26.3 Å². The molecular formula is C22H23BrN2O3S. The summed E-state index contributed by atoms with van der Waals surface area (Å²) in [5.74, 6) is -0.454. The minimum absolute atomic E-state index is 0.0190. The maximum absolute atomic E-state index is 13.4. The molecule has 1 saturated heterocycles. The van der Waals surface area contributed by atoms with Gasteiger partial charge in [-0.3, -0.25) is 9.59 Å². The van der Waals surface area contributed by atoms with Gasteiger partial charge in [-0.1, -0.05) is 30.3 Å². The Morgan fingerprint density at radius 2 is 2.03 bits per heavy atom. The number of hydrogen-bond acceptors (Lipinski definition) is 4. The van der Waals surface area contributed by atoms with Gasteiger partial charge in [0, 0.05) is 19.6 Å². The minimum atomic E-state index is -0.236. The van der Waals surface area contributed by atoms with Gasteiger partial charge in [0.05, 0.1) is 26.5 Å². The summed E-state index contributed by atoms with van der Waals surface area (Å²) < 4.78 is 9.39. The van der Waals surface area contributed by atoms with Crippen LogP contribution in [0.25, 0.3) is 10.2 Å². The van der Waals surface area contributed by atoms with E-state index in [2.05, 4.69) is 38.7 Å². The molecule has 1 aliphatic rings. The lowest BCUT2D eigenvalue weighted by molar-refractivity contribution is -0.149. The van der Waals surface area contributed by atoms with Gasteiger partial charge in [-0.2, -0.15) is 0 Å². The Morgan fingerprint density at radius 3 is 2.79 bits per heavy atom. The van der Waals surface area contributed by atoms with Crippen LogP contribution in [0.15, 0.2) is 46.3 Å². The number of hydrogen-bond donors (Lipinski definition) is 0. The second-order valence-electron chi connectivity index (χ2n) is 7.24. The number of likely N-dealkylation sites (tertiary alicyclic amines) is 1. The molecule has 0 aliphatic carbocycles. The van der Waals surface area contributed by atoms with E-state index in [9.17, 15) is 9.59 Å². The maximum atomic E-state index is 13.4. The fraction of sp³-hybridized carbons (Fsp3) is 0.364. The molecule has 1 atom stereocenters. The molecule has 1 unspecified atom stereocenters. The highest BCUT2D eigenvalue weighted by atomic mass is 79.9. The molecule has 29 heavy (non-hydrogen) atoms. The monoisotopic (exact) mass is 474 g/mol. The number of piperidine rings is 1. The number of ether oxygens (including phenoxy) is 1. The first kappa shape index (κ1) is 20.2. The van der Waals surface area contributed by atoms with Crippen molar-refractivity contribution in [3.05, 3.63) is 57.5 Å². The van der Waals surface area contributed by atoms with Crippen LogP contribution in [0, 0.1) is 5.92 Å². The number of fused-ring (bicyclic) bond motifs is 1. The van der Waals surface area contributed by atoms with Crippen LogP contribution in [0.4, 0.5) is 0 Å². The molecule has 5 nitrogen and oxygen atoms in total. The summed E-state index contributed by atoms with van der Waals surface area (Å²) in [4.78, 5) is 27.4. The lowest BCUT2D eigenvalue weighted by atomic mass is 9.98. The summed E-state index contributed by atoms with van der Waals surface area (Å²) >= 11 is 5.18. The zero-order valence-corrected chi connectivity index (χ0v) is 18.7. The normalized spacial score (nSPS) is 16.9. The van der Waals surface area contributed by atoms with Crippen molar-refractivity contribution in [2.75, 3.05) is 19.7 Å². The number of esters is 1. The van der Waals surface area contributed by atoms with Gasteiger partial charge < -0.3 is 14.2 Å². The first-order valence-electron chi connectivity index (χ1n) is 9.85. The van der Waals surface area contributed by atoms with Crippen molar-refractivity contribution < 1.29 is 14.3 Å². The summed E-state index contributed by atoms with van der Waals surface area (Å²) in [6.45, 7) is 3.90. The summed E-state index contributed by atoms with van der Waals surface area (Å²) in [6, 6.07) is 14.2. The van der Waals surface area contributed by atoms with Gasteiger partial charge in [-0.05, 0) is 53.4 Å². The SMILES string of the molecule is CCOC(=O)C1CCCN(C(=O)c2cc3sc(Br)cc3n2Cc2ccccc2)C1. The number of carbonyl (C=O) groups is 2. The van der Waals surface area contributed by atoms with Gasteiger partial charge in [0.1, 0.15) is 5.69 Å². The quantitative estimate of drug-likeness (QED) is 0.492. The second kappa shape index (κ2) is 8.71. The molecule has 7 heteroatoms. The van der Waals surface area contributed by atoms with E-state index in [1.807, 2.05) is 31.2 Å². The fourth-order valence-corrected chi connectivity index (χ4v) is 5.47. The highest BCUT2D eigenvalue weighted by Crippen LogP contribution is 2.34. The molecule has 3 aromatic rings. The molecule has 0 radical (unpaired) electrons. The molecule has 1 aliphatic heterocycles. The van der Waals surface area contributed by atoms with E-state index < -0.39 is 0 Å². The molecular weight excluding hydrogens is 452 g/mol. The third-order valence-electron chi connectivity index (χ3n) is 5.29. The lowest BCUT2D eigenvalue weighted by Crippen LogP contribution is -2.43. The fourth-order valence-electron chi connectivity index (χ4n) is 3.90. The Labute approximate surface area is 182 Å². The number of thiophene rings is 1. The van der Waals surface area contributed by atoms with Crippen LogP contribution >= 0.6 is 27.3 Å². The van der Waals surface area contributed by atoms with Gasteiger partial charge in [0.25, 0.3) is 5.91 Å². The van der Waals surface area contributed by atoms with Gasteiger partial charge >= 0.3 is 5.97 Å². The van der Waals surface area contributed by atoms with Crippen LogP contribution in [0.5, 0.6) is 0 Å². The van der Waals surface area contributed by atoms with Crippen LogP contribution in [0.1, 0.15) is 35.8 Å². The predicted molar refractivity (Wildman–Crippen MR) is 118 cm³/mol. The molecule has 0 saturated carbocycles. The van der Waals surface area contributed by atoms with Crippen molar-refractivity contribution in [2.24, 2.45) is 5.92 Å². The average Bonchev–Trinajstić information content (AvgIpc) is 3.25. The van der Waals surface area contributed by atoms with Crippen LogP contribution in [0.2, 0.25) is 0 Å². The number of nitrogens with zero attached hydrogens (tertiary/aromatic N) is 2. The Kier molecular flexibility index (Phi) is 6.06. The highest BCUT2D eigenvalue weighted by molar-refractivity contribution is 9.11. The average molecular weight is 475 g/mol. The largest absolute Gasteiger partial charge is 0.466 e. The summed E-state index contributed by atoms with van der Waals surface area (Å²) in [7, 11) is 0. The Hall–Kier alpha value is -2.12. The number of benzene rings is 1. The van der Waals surface area contributed by atoms with E-state index >= 15 is 0 Å². The standard InChI is InChI=1S/C22H23BrN2O3S/c1-2-28-22(27)16-9-6-10-24(14-16)21(26)18-11-19-17(12-20(23)29-19)25(18)13-15-7-4-3-5-8-15/h3-5,7-8,11-12,16H,2,6,9-10,13-14H2,1H3. The Bertz CT molecular complexity index is 1030. The van der Waals surface area contributed by atoms with Crippen molar-refractivity contribution in [1.29, 1.82) is 0 Å². The first-order valence-corrected chi connectivity index (χ1v) is 11.5. The van der Waals surface area contributed by atoms with Crippen LogP contribution in [-0.2, 0) is 16.1 Å². The van der Waals surface area contributed by atoms with Crippen LogP contribution in [0.3, 0.4) is 0 Å². The Balaban J connectivity index is 1.64. The molecule has 1 aromatic carbocycles. The van der Waals surface area contributed by atoms with Gasteiger partial charge in [0.2, 0.25) is 0 Å². The zero-order chi connectivity index (χ0) is 20.4. The van der Waals surface area contributed by atoms with E-state index in [0.717, 1.165) is 32.4 Å². The molecule has 2 aromatic heterocycles.